The van der Waals surface area contributed by atoms with E-state index in [1.807, 2.05) is 67.4 Å². The second-order valence-electron chi connectivity index (χ2n) is 8.65. The van der Waals surface area contributed by atoms with E-state index in [0.29, 0.717) is 5.69 Å². The Labute approximate surface area is 171 Å². The standard InChI is InChI=1S/C24H26N2O3/c1-16-6-10-18(11-7-16)25-22(27)20-21(23(25)28)29-26(19-12-8-17(2)9-13-19)24(20)14-4-3-5-15-24/h6-13,20-21H,3-5,14-15H2,1-2H3/t20-,21+/m0/s1. The van der Waals surface area contributed by atoms with Crippen LogP contribution in [-0.2, 0) is 14.4 Å². The van der Waals surface area contributed by atoms with Crippen molar-refractivity contribution in [2.24, 2.45) is 5.92 Å². The minimum atomic E-state index is -0.747. The van der Waals surface area contributed by atoms with Gasteiger partial charge in [-0.25, -0.2) is 9.96 Å². The Morgan fingerprint density at radius 1 is 0.793 bits per heavy atom. The molecule has 1 aliphatic carbocycles. The summed E-state index contributed by atoms with van der Waals surface area (Å²) in [5.74, 6) is -0.832. The van der Waals surface area contributed by atoms with Crippen LogP contribution in [0, 0.1) is 19.8 Å². The summed E-state index contributed by atoms with van der Waals surface area (Å²) in [4.78, 5) is 34.5. The summed E-state index contributed by atoms with van der Waals surface area (Å²) in [6.45, 7) is 4.04. The number of amides is 2. The first-order valence-corrected chi connectivity index (χ1v) is 10.5. The van der Waals surface area contributed by atoms with Crippen molar-refractivity contribution < 1.29 is 14.4 Å². The smallest absolute Gasteiger partial charge is 0.266 e. The molecule has 0 unspecified atom stereocenters. The van der Waals surface area contributed by atoms with Crippen LogP contribution in [0.3, 0.4) is 0 Å². The van der Waals surface area contributed by atoms with Gasteiger partial charge in [0.05, 0.1) is 16.9 Å². The van der Waals surface area contributed by atoms with Gasteiger partial charge in [0, 0.05) is 0 Å². The number of carbonyl (C=O) groups excluding carboxylic acids is 2. The predicted octanol–water partition coefficient (Wildman–Crippen LogP) is 4.32. The lowest BCUT2D eigenvalue weighted by molar-refractivity contribution is -0.126. The number of fused-ring (bicyclic) bond motifs is 2. The quantitative estimate of drug-likeness (QED) is 0.717. The van der Waals surface area contributed by atoms with Crippen LogP contribution in [0.15, 0.2) is 48.5 Å². The van der Waals surface area contributed by atoms with E-state index >= 15 is 0 Å². The van der Waals surface area contributed by atoms with Gasteiger partial charge in [0.1, 0.15) is 5.92 Å². The van der Waals surface area contributed by atoms with Gasteiger partial charge < -0.3 is 0 Å². The third-order valence-electron chi connectivity index (χ3n) is 6.74. The SMILES string of the molecule is Cc1ccc(N2C(=O)[C@@H]3[C@@H](ON(c4ccc(C)cc4)C34CCCCC4)C2=O)cc1. The lowest BCUT2D eigenvalue weighted by Gasteiger charge is -2.43. The average molecular weight is 390 g/mol. The van der Waals surface area contributed by atoms with Crippen LogP contribution < -0.4 is 9.96 Å². The van der Waals surface area contributed by atoms with Gasteiger partial charge in [-0.15, -0.1) is 0 Å². The Kier molecular flexibility index (Phi) is 4.24. The first-order chi connectivity index (χ1) is 14.0. The average Bonchev–Trinajstić information content (AvgIpc) is 3.17. The van der Waals surface area contributed by atoms with Gasteiger partial charge in [0.2, 0.25) is 5.91 Å². The number of benzene rings is 2. The summed E-state index contributed by atoms with van der Waals surface area (Å²) in [5, 5.41) is 1.91. The van der Waals surface area contributed by atoms with Crippen LogP contribution >= 0.6 is 0 Å². The highest BCUT2D eigenvalue weighted by molar-refractivity contribution is 6.24. The molecule has 1 spiro atoms. The molecule has 29 heavy (non-hydrogen) atoms. The third-order valence-corrected chi connectivity index (χ3v) is 6.74. The number of hydroxylamine groups is 1. The molecule has 2 aromatic rings. The summed E-state index contributed by atoms with van der Waals surface area (Å²) < 4.78 is 0. The maximum absolute atomic E-state index is 13.6. The van der Waals surface area contributed by atoms with E-state index in [0.717, 1.165) is 43.4 Å². The molecule has 3 aliphatic rings. The number of anilines is 2. The zero-order chi connectivity index (χ0) is 20.2. The molecular weight excluding hydrogens is 364 g/mol. The zero-order valence-corrected chi connectivity index (χ0v) is 16.9. The molecule has 2 aromatic carbocycles. The van der Waals surface area contributed by atoms with Gasteiger partial charge in [-0.1, -0.05) is 54.7 Å². The van der Waals surface area contributed by atoms with Gasteiger partial charge in [0.15, 0.2) is 6.10 Å². The Morgan fingerprint density at radius 2 is 1.34 bits per heavy atom. The summed E-state index contributed by atoms with van der Waals surface area (Å²) >= 11 is 0. The number of carbonyl (C=O) groups is 2. The van der Waals surface area contributed by atoms with Crippen molar-refractivity contribution in [3.05, 3.63) is 59.7 Å². The normalized spacial score (nSPS) is 25.7. The van der Waals surface area contributed by atoms with Crippen molar-refractivity contribution in [3.8, 4) is 0 Å². The lowest BCUT2D eigenvalue weighted by Crippen LogP contribution is -2.53. The maximum Gasteiger partial charge on any atom is 0.266 e. The topological polar surface area (TPSA) is 49.9 Å². The van der Waals surface area contributed by atoms with Crippen molar-refractivity contribution in [1.29, 1.82) is 0 Å². The van der Waals surface area contributed by atoms with E-state index in [1.165, 1.54) is 10.5 Å². The van der Waals surface area contributed by atoms with E-state index in [2.05, 4.69) is 0 Å². The van der Waals surface area contributed by atoms with E-state index in [4.69, 9.17) is 4.84 Å². The first kappa shape index (κ1) is 18.4. The molecule has 0 N–H and O–H groups in total. The highest BCUT2D eigenvalue weighted by atomic mass is 16.7. The molecule has 0 radical (unpaired) electrons. The van der Waals surface area contributed by atoms with Crippen molar-refractivity contribution in [2.45, 2.75) is 57.6 Å². The van der Waals surface area contributed by atoms with Gasteiger partial charge in [0.25, 0.3) is 5.91 Å². The molecule has 2 aliphatic heterocycles. The van der Waals surface area contributed by atoms with E-state index in [1.54, 1.807) is 0 Å². The van der Waals surface area contributed by atoms with E-state index in [-0.39, 0.29) is 11.8 Å². The Balaban J connectivity index is 1.56. The molecule has 2 saturated heterocycles. The summed E-state index contributed by atoms with van der Waals surface area (Å²) in [6.07, 6.45) is 4.22. The lowest BCUT2D eigenvalue weighted by atomic mass is 9.71. The third kappa shape index (κ3) is 2.71. The minimum Gasteiger partial charge on any atom is -0.273 e. The largest absolute Gasteiger partial charge is 0.273 e. The molecule has 2 atom stereocenters. The number of hydrogen-bond donors (Lipinski definition) is 0. The van der Waals surface area contributed by atoms with Crippen LogP contribution in [-0.4, -0.2) is 23.5 Å². The number of imide groups is 1. The molecule has 2 heterocycles. The maximum atomic E-state index is 13.6. The summed E-state index contributed by atoms with van der Waals surface area (Å²) in [5.41, 5.74) is 3.37. The molecule has 5 nitrogen and oxygen atoms in total. The summed E-state index contributed by atoms with van der Waals surface area (Å²) in [7, 11) is 0. The van der Waals surface area contributed by atoms with Gasteiger partial charge in [-0.3, -0.25) is 14.4 Å². The number of nitrogens with zero attached hydrogens (tertiary/aromatic N) is 2. The molecule has 3 fully saturated rings. The summed E-state index contributed by atoms with van der Waals surface area (Å²) in [6, 6.07) is 15.7. The van der Waals surface area contributed by atoms with E-state index in [9.17, 15) is 9.59 Å². The molecule has 150 valence electrons. The van der Waals surface area contributed by atoms with Crippen molar-refractivity contribution >= 4 is 23.2 Å². The fraction of sp³-hybridized carbons (Fsp3) is 0.417. The fourth-order valence-corrected chi connectivity index (χ4v) is 5.23. The second-order valence-corrected chi connectivity index (χ2v) is 8.65. The monoisotopic (exact) mass is 390 g/mol. The Morgan fingerprint density at radius 3 is 1.93 bits per heavy atom. The molecule has 0 bridgehead atoms. The van der Waals surface area contributed by atoms with Crippen molar-refractivity contribution in [3.63, 3.8) is 0 Å². The van der Waals surface area contributed by atoms with Crippen LogP contribution in [0.5, 0.6) is 0 Å². The minimum absolute atomic E-state index is 0.125. The highest BCUT2D eigenvalue weighted by Gasteiger charge is 2.66. The Bertz CT molecular complexity index is 945. The van der Waals surface area contributed by atoms with Gasteiger partial charge >= 0.3 is 0 Å². The molecular formula is C24H26N2O3. The van der Waals surface area contributed by atoms with Gasteiger partial charge in [-0.05, 0) is 51.0 Å². The van der Waals surface area contributed by atoms with Crippen molar-refractivity contribution in [1.82, 2.24) is 0 Å². The number of rotatable bonds is 2. The highest BCUT2D eigenvalue weighted by Crippen LogP contribution is 2.52. The molecule has 5 heteroatoms. The fourth-order valence-electron chi connectivity index (χ4n) is 5.23. The zero-order valence-electron chi connectivity index (χ0n) is 16.9. The number of aryl methyl sites for hydroxylation is 2. The molecule has 0 aromatic heterocycles. The molecule has 1 saturated carbocycles. The van der Waals surface area contributed by atoms with E-state index < -0.39 is 17.6 Å². The Hall–Kier alpha value is -2.66. The predicted molar refractivity (Wildman–Crippen MR) is 112 cm³/mol. The second kappa shape index (κ2) is 6.70. The van der Waals surface area contributed by atoms with Crippen LogP contribution in [0.4, 0.5) is 11.4 Å². The van der Waals surface area contributed by atoms with Crippen LogP contribution in [0.2, 0.25) is 0 Å². The van der Waals surface area contributed by atoms with Gasteiger partial charge in [-0.2, -0.15) is 0 Å². The van der Waals surface area contributed by atoms with Crippen LogP contribution in [0.1, 0.15) is 43.2 Å². The number of hydrogen-bond acceptors (Lipinski definition) is 4. The molecule has 5 rings (SSSR count). The van der Waals surface area contributed by atoms with Crippen LogP contribution in [0.25, 0.3) is 0 Å². The first-order valence-electron chi connectivity index (χ1n) is 10.5. The molecule has 2 amide bonds. The van der Waals surface area contributed by atoms with Crippen molar-refractivity contribution in [2.75, 3.05) is 9.96 Å².